The summed E-state index contributed by atoms with van der Waals surface area (Å²) < 4.78 is 5.91. The van der Waals surface area contributed by atoms with Gasteiger partial charge in [0.25, 0.3) is 0 Å². The maximum absolute atomic E-state index is 11.4. The number of nitrogens with zero attached hydrogens (tertiary/aromatic N) is 2. The lowest BCUT2D eigenvalue weighted by Gasteiger charge is -2.21. The summed E-state index contributed by atoms with van der Waals surface area (Å²) in [5.41, 5.74) is 2.10. The minimum absolute atomic E-state index is 0.329. The Balaban J connectivity index is 1.87. The van der Waals surface area contributed by atoms with Crippen molar-refractivity contribution in [3.63, 3.8) is 0 Å². The Morgan fingerprint density at radius 1 is 1.40 bits per heavy atom. The fraction of sp³-hybridized carbons (Fsp3) is 0.368. The Labute approximate surface area is 152 Å². The summed E-state index contributed by atoms with van der Waals surface area (Å²) in [5.74, 6) is 1.05. The Kier molecular flexibility index (Phi) is 5.13. The van der Waals surface area contributed by atoms with Gasteiger partial charge >= 0.3 is 5.97 Å². The zero-order valence-electron chi connectivity index (χ0n) is 14.3. The van der Waals surface area contributed by atoms with E-state index in [2.05, 4.69) is 23.7 Å². The van der Waals surface area contributed by atoms with Crippen molar-refractivity contribution < 1.29 is 14.6 Å². The molecule has 0 atom stereocenters. The molecule has 0 unspecified atom stereocenters. The van der Waals surface area contributed by atoms with Crippen LogP contribution in [0.15, 0.2) is 30.5 Å². The molecule has 1 N–H and O–H groups in total. The molecule has 0 spiro atoms. The maximum Gasteiger partial charge on any atom is 0.336 e. The largest absolute Gasteiger partial charge is 0.493 e. The van der Waals surface area contributed by atoms with E-state index in [1.165, 1.54) is 0 Å². The van der Waals surface area contributed by atoms with Crippen molar-refractivity contribution in [2.75, 3.05) is 18.1 Å². The zero-order valence-corrected chi connectivity index (χ0v) is 15.1. The molecule has 0 radical (unpaired) electrons. The molecular formula is C19H21ClN2O3. The summed E-state index contributed by atoms with van der Waals surface area (Å²) in [7, 11) is 0. The molecule has 0 aliphatic carbocycles. The quantitative estimate of drug-likeness (QED) is 0.842. The molecule has 1 aliphatic rings. The number of hydrogen-bond donors (Lipinski definition) is 1. The van der Waals surface area contributed by atoms with Crippen molar-refractivity contribution in [2.24, 2.45) is 5.92 Å². The summed E-state index contributed by atoms with van der Waals surface area (Å²) in [5, 5.41) is 10.00. The summed E-state index contributed by atoms with van der Waals surface area (Å²) in [6.45, 7) is 6.14. The van der Waals surface area contributed by atoms with Crippen LogP contribution in [0.5, 0.6) is 5.75 Å². The van der Waals surface area contributed by atoms with Crippen LogP contribution >= 0.6 is 11.6 Å². The molecule has 0 saturated heterocycles. The summed E-state index contributed by atoms with van der Waals surface area (Å²) in [4.78, 5) is 17.9. The van der Waals surface area contributed by atoms with Crippen LogP contribution in [0.4, 0.5) is 5.82 Å². The second-order valence-corrected chi connectivity index (χ2v) is 7.03. The van der Waals surface area contributed by atoms with Gasteiger partial charge in [-0.2, -0.15) is 0 Å². The number of carboxylic acid groups (broad SMARTS) is 1. The Morgan fingerprint density at radius 2 is 2.20 bits per heavy atom. The average Bonchev–Trinajstić information content (AvgIpc) is 2.97. The second kappa shape index (κ2) is 7.31. The number of carbonyl (C=O) groups is 1. The fourth-order valence-corrected chi connectivity index (χ4v) is 3.18. The number of rotatable bonds is 6. The van der Waals surface area contributed by atoms with Crippen molar-refractivity contribution in [1.82, 2.24) is 4.98 Å². The number of benzene rings is 1. The number of anilines is 1. The van der Waals surface area contributed by atoms with Crippen LogP contribution in [-0.4, -0.2) is 29.2 Å². The number of pyridine rings is 1. The Hall–Kier alpha value is -2.27. The number of fused-ring (bicyclic) bond motifs is 1. The van der Waals surface area contributed by atoms with Crippen LogP contribution in [-0.2, 0) is 13.0 Å². The van der Waals surface area contributed by atoms with E-state index in [0.717, 1.165) is 29.2 Å². The molecule has 3 rings (SSSR count). The zero-order chi connectivity index (χ0) is 18.0. The Morgan fingerprint density at radius 3 is 2.92 bits per heavy atom. The third kappa shape index (κ3) is 3.87. The van der Waals surface area contributed by atoms with Gasteiger partial charge in [0.1, 0.15) is 11.6 Å². The molecule has 1 aromatic carbocycles. The third-order valence-electron chi connectivity index (χ3n) is 4.15. The summed E-state index contributed by atoms with van der Waals surface area (Å²) in [6, 6.07) is 7.16. The van der Waals surface area contributed by atoms with E-state index in [1.54, 1.807) is 12.3 Å². The number of aromatic nitrogens is 1. The lowest BCUT2D eigenvalue weighted by Crippen LogP contribution is -2.21. The molecule has 0 fully saturated rings. The van der Waals surface area contributed by atoms with Gasteiger partial charge in [-0.05, 0) is 36.6 Å². The molecule has 5 nitrogen and oxygen atoms in total. The van der Waals surface area contributed by atoms with Gasteiger partial charge in [0, 0.05) is 35.4 Å². The molecular weight excluding hydrogens is 340 g/mol. The number of carboxylic acids is 1. The van der Waals surface area contributed by atoms with Crippen molar-refractivity contribution in [3.05, 3.63) is 52.2 Å². The Bertz CT molecular complexity index is 792. The van der Waals surface area contributed by atoms with Crippen molar-refractivity contribution in [3.8, 4) is 5.75 Å². The van der Waals surface area contributed by atoms with Gasteiger partial charge in [-0.1, -0.05) is 25.4 Å². The van der Waals surface area contributed by atoms with Crippen LogP contribution in [0.3, 0.4) is 0 Å². The van der Waals surface area contributed by atoms with E-state index in [9.17, 15) is 9.90 Å². The highest BCUT2D eigenvalue weighted by Gasteiger charge is 2.26. The molecule has 2 heterocycles. The highest BCUT2D eigenvalue weighted by Crippen LogP contribution is 2.32. The highest BCUT2D eigenvalue weighted by atomic mass is 35.5. The van der Waals surface area contributed by atoms with Gasteiger partial charge in [0.2, 0.25) is 0 Å². The lowest BCUT2D eigenvalue weighted by molar-refractivity contribution is 0.0696. The van der Waals surface area contributed by atoms with Crippen LogP contribution in [0.25, 0.3) is 0 Å². The first-order valence-corrected chi connectivity index (χ1v) is 8.71. The summed E-state index contributed by atoms with van der Waals surface area (Å²) in [6.07, 6.45) is 2.22. The number of ether oxygens (including phenoxy) is 1. The van der Waals surface area contributed by atoms with Crippen LogP contribution in [0, 0.1) is 5.92 Å². The number of halogens is 1. The van der Waals surface area contributed by atoms with Crippen molar-refractivity contribution >= 4 is 23.4 Å². The van der Waals surface area contributed by atoms with E-state index in [1.807, 2.05) is 18.2 Å². The van der Waals surface area contributed by atoms with Crippen LogP contribution in [0.1, 0.15) is 35.3 Å². The predicted molar refractivity (Wildman–Crippen MR) is 97.7 cm³/mol. The maximum atomic E-state index is 11.4. The van der Waals surface area contributed by atoms with Gasteiger partial charge in [-0.25, -0.2) is 9.78 Å². The van der Waals surface area contributed by atoms with Crippen molar-refractivity contribution in [2.45, 2.75) is 26.8 Å². The van der Waals surface area contributed by atoms with Crippen LogP contribution in [0.2, 0.25) is 5.02 Å². The van der Waals surface area contributed by atoms with E-state index < -0.39 is 5.97 Å². The molecule has 1 aromatic heterocycles. The smallest absolute Gasteiger partial charge is 0.336 e. The molecule has 25 heavy (non-hydrogen) atoms. The van der Waals surface area contributed by atoms with E-state index in [0.29, 0.717) is 36.1 Å². The molecule has 0 bridgehead atoms. The average molecular weight is 361 g/mol. The SMILES string of the molecule is CC(C)COc1ccc(Cl)cc1CN1CCc2c(C(=O)O)ccnc21. The highest BCUT2D eigenvalue weighted by molar-refractivity contribution is 6.30. The fourth-order valence-electron chi connectivity index (χ4n) is 2.98. The second-order valence-electron chi connectivity index (χ2n) is 6.59. The molecule has 1 aliphatic heterocycles. The van der Waals surface area contributed by atoms with Gasteiger partial charge in [-0.15, -0.1) is 0 Å². The first-order chi connectivity index (χ1) is 12.0. The predicted octanol–water partition coefficient (Wildman–Crippen LogP) is 4.03. The van der Waals surface area contributed by atoms with Crippen LogP contribution < -0.4 is 9.64 Å². The minimum Gasteiger partial charge on any atom is -0.493 e. The molecule has 132 valence electrons. The number of aromatic carboxylic acids is 1. The van der Waals surface area contributed by atoms with Gasteiger partial charge < -0.3 is 14.7 Å². The van der Waals surface area contributed by atoms with Gasteiger partial charge in [-0.3, -0.25) is 0 Å². The van der Waals surface area contributed by atoms with E-state index in [4.69, 9.17) is 16.3 Å². The molecule has 2 aromatic rings. The first kappa shape index (κ1) is 17.5. The minimum atomic E-state index is -0.913. The molecule has 0 saturated carbocycles. The van der Waals surface area contributed by atoms with Gasteiger partial charge in [0.05, 0.1) is 12.2 Å². The molecule has 6 heteroatoms. The lowest BCUT2D eigenvalue weighted by atomic mass is 10.1. The molecule has 0 amide bonds. The third-order valence-corrected chi connectivity index (χ3v) is 4.39. The monoisotopic (exact) mass is 360 g/mol. The number of hydrogen-bond acceptors (Lipinski definition) is 4. The van der Waals surface area contributed by atoms with E-state index >= 15 is 0 Å². The standard InChI is InChI=1S/C19H21ClN2O3/c1-12(2)11-25-17-4-3-14(20)9-13(17)10-22-8-6-15-16(19(23)24)5-7-21-18(15)22/h3-5,7,9,12H,6,8,10-11H2,1-2H3,(H,23,24). The first-order valence-electron chi connectivity index (χ1n) is 8.33. The van der Waals surface area contributed by atoms with Crippen molar-refractivity contribution in [1.29, 1.82) is 0 Å². The van der Waals surface area contributed by atoms with E-state index in [-0.39, 0.29) is 0 Å². The van der Waals surface area contributed by atoms with Gasteiger partial charge in [0.15, 0.2) is 0 Å². The summed E-state index contributed by atoms with van der Waals surface area (Å²) >= 11 is 6.16. The topological polar surface area (TPSA) is 62.7 Å². The normalized spacial score (nSPS) is 13.2.